The van der Waals surface area contributed by atoms with Crippen LogP contribution in [-0.4, -0.2) is 58.3 Å². The Hall–Kier alpha value is -2.17. The van der Waals surface area contributed by atoms with E-state index in [4.69, 9.17) is 4.74 Å². The van der Waals surface area contributed by atoms with Crippen LogP contribution in [0.2, 0.25) is 0 Å². The first-order valence-electron chi connectivity index (χ1n) is 7.19. The maximum atomic E-state index is 12.6. The van der Waals surface area contributed by atoms with Crippen LogP contribution in [-0.2, 0) is 30.3 Å². The van der Waals surface area contributed by atoms with Gasteiger partial charge in [-0.3, -0.25) is 14.4 Å². The van der Waals surface area contributed by atoms with E-state index < -0.39 is 34.9 Å². The number of β-lactam (4-membered cyclic amide) rings is 1. The van der Waals surface area contributed by atoms with E-state index in [1.54, 1.807) is 6.07 Å². The maximum Gasteiger partial charge on any atom is 0.331 e. The summed E-state index contributed by atoms with van der Waals surface area (Å²) in [6.45, 7) is 0. The molecule has 8 nitrogen and oxygen atoms in total. The lowest BCUT2D eigenvalue weighted by molar-refractivity contribution is -0.201. The number of methoxy groups -OCH3 is 1. The van der Waals surface area contributed by atoms with Gasteiger partial charge in [0.25, 0.3) is 11.6 Å². The average Bonchev–Trinajstić information content (AvgIpc) is 3.10. The monoisotopic (exact) mass is 382 g/mol. The summed E-state index contributed by atoms with van der Waals surface area (Å²) in [7, 11) is 1.27. The second-order valence-corrected chi connectivity index (χ2v) is 7.41. The summed E-state index contributed by atoms with van der Waals surface area (Å²) in [5.74, 6) is -2.41. The molecular formula is C15H14N2O6S2. The van der Waals surface area contributed by atoms with E-state index in [0.29, 0.717) is 6.29 Å². The van der Waals surface area contributed by atoms with Crippen molar-refractivity contribution in [1.82, 2.24) is 10.2 Å². The minimum atomic E-state index is -1.64. The van der Waals surface area contributed by atoms with Gasteiger partial charge in [-0.25, -0.2) is 4.79 Å². The Morgan fingerprint density at radius 3 is 2.84 bits per heavy atom. The van der Waals surface area contributed by atoms with Gasteiger partial charge in [-0.2, -0.15) is 0 Å². The van der Waals surface area contributed by atoms with Crippen molar-refractivity contribution in [1.29, 1.82) is 0 Å². The van der Waals surface area contributed by atoms with Crippen LogP contribution in [0.3, 0.4) is 0 Å². The SMILES string of the molecule is COC1(NC(=O)Cc2cccs2)C(=O)N2C(C(=O)O)C(C=O)=CS[C@@H]21. The third kappa shape index (κ3) is 2.75. The van der Waals surface area contributed by atoms with E-state index in [0.717, 1.165) is 21.5 Å². The number of nitrogens with zero attached hydrogens (tertiary/aromatic N) is 1. The van der Waals surface area contributed by atoms with Crippen molar-refractivity contribution >= 4 is 47.2 Å². The first kappa shape index (κ1) is 17.6. The predicted molar refractivity (Wildman–Crippen MR) is 89.7 cm³/mol. The highest BCUT2D eigenvalue weighted by Gasteiger charge is 2.67. The molecule has 0 saturated carbocycles. The molecule has 1 fully saturated rings. The number of rotatable bonds is 6. The van der Waals surface area contributed by atoms with Gasteiger partial charge in [0.15, 0.2) is 6.04 Å². The third-order valence-corrected chi connectivity index (χ3v) is 6.11. The number of carbonyl (C=O) groups is 4. The Morgan fingerprint density at radius 1 is 1.52 bits per heavy atom. The highest BCUT2D eigenvalue weighted by molar-refractivity contribution is 8.03. The number of carbonyl (C=O) groups excluding carboxylic acids is 3. The number of carboxylic acid groups (broad SMARTS) is 1. The first-order valence-corrected chi connectivity index (χ1v) is 9.01. The Morgan fingerprint density at radius 2 is 2.28 bits per heavy atom. The summed E-state index contributed by atoms with van der Waals surface area (Å²) < 4.78 is 5.29. The highest BCUT2D eigenvalue weighted by Crippen LogP contribution is 2.45. The number of thioether (sulfide) groups is 1. The second-order valence-electron chi connectivity index (χ2n) is 5.42. The molecule has 25 heavy (non-hydrogen) atoms. The number of hydrogen-bond donors (Lipinski definition) is 2. The van der Waals surface area contributed by atoms with E-state index in [2.05, 4.69) is 5.32 Å². The lowest BCUT2D eigenvalue weighted by Crippen LogP contribution is -2.83. The Labute approximate surface area is 150 Å². The molecular weight excluding hydrogens is 368 g/mol. The quantitative estimate of drug-likeness (QED) is 0.410. The van der Waals surface area contributed by atoms with Gasteiger partial charge in [0.2, 0.25) is 5.91 Å². The summed E-state index contributed by atoms with van der Waals surface area (Å²) >= 11 is 2.48. The molecule has 0 spiro atoms. The summed E-state index contributed by atoms with van der Waals surface area (Å²) in [6.07, 6.45) is 0.503. The van der Waals surface area contributed by atoms with Crippen molar-refractivity contribution in [2.75, 3.05) is 7.11 Å². The van der Waals surface area contributed by atoms with Gasteiger partial charge in [-0.1, -0.05) is 6.07 Å². The van der Waals surface area contributed by atoms with Crippen LogP contribution in [0.15, 0.2) is 28.5 Å². The normalized spacial score (nSPS) is 27.8. The second kappa shape index (κ2) is 6.62. The zero-order chi connectivity index (χ0) is 18.2. The molecule has 0 aromatic carbocycles. The molecule has 1 saturated heterocycles. The van der Waals surface area contributed by atoms with Gasteiger partial charge in [0, 0.05) is 17.6 Å². The van der Waals surface area contributed by atoms with E-state index in [9.17, 15) is 24.3 Å². The smallest absolute Gasteiger partial charge is 0.331 e. The minimum Gasteiger partial charge on any atom is -0.479 e. The number of carboxylic acids is 1. The molecule has 2 aliphatic rings. The van der Waals surface area contributed by atoms with Crippen molar-refractivity contribution in [3.8, 4) is 0 Å². The lowest BCUT2D eigenvalue weighted by atomic mass is 9.95. The zero-order valence-corrected chi connectivity index (χ0v) is 14.6. The fraction of sp³-hybridized carbons (Fsp3) is 0.333. The molecule has 132 valence electrons. The van der Waals surface area contributed by atoms with Crippen LogP contribution in [0, 0.1) is 0 Å². The number of hydrogen-bond acceptors (Lipinski definition) is 7. The van der Waals surface area contributed by atoms with Crippen LogP contribution in [0.25, 0.3) is 0 Å². The number of thiophene rings is 1. The number of fused-ring (bicyclic) bond motifs is 1. The van der Waals surface area contributed by atoms with Crippen molar-refractivity contribution in [3.05, 3.63) is 33.4 Å². The Bertz CT molecular complexity index is 762. The predicted octanol–water partition coefficient (Wildman–Crippen LogP) is 0.201. The van der Waals surface area contributed by atoms with E-state index >= 15 is 0 Å². The van der Waals surface area contributed by atoms with Gasteiger partial charge >= 0.3 is 5.97 Å². The fourth-order valence-electron chi connectivity index (χ4n) is 2.85. The highest BCUT2D eigenvalue weighted by atomic mass is 32.2. The van der Waals surface area contributed by atoms with Gasteiger partial charge in [-0.15, -0.1) is 23.1 Å². The molecule has 2 aliphatic heterocycles. The van der Waals surface area contributed by atoms with Crippen molar-refractivity contribution in [2.24, 2.45) is 0 Å². The van der Waals surface area contributed by atoms with Gasteiger partial charge in [0.05, 0.1) is 6.42 Å². The van der Waals surface area contributed by atoms with Crippen LogP contribution in [0.1, 0.15) is 4.88 Å². The standard InChI is InChI=1S/C15H14N2O6S2/c1-23-15(16-10(19)5-9-3-2-4-24-9)13(22)17-11(12(20)21)8(6-18)7-25-14(15)17/h2-4,6-7,11,14H,5H2,1H3,(H,16,19)(H,20,21)/t11?,14-,15?/m1/s1. The zero-order valence-electron chi connectivity index (χ0n) is 13.0. The summed E-state index contributed by atoms with van der Waals surface area (Å²) in [4.78, 5) is 49.3. The first-order chi connectivity index (χ1) is 11.9. The van der Waals surface area contributed by atoms with Crippen molar-refractivity contribution in [2.45, 2.75) is 23.6 Å². The fourth-order valence-corrected chi connectivity index (χ4v) is 4.82. The van der Waals surface area contributed by atoms with Gasteiger partial charge in [0.1, 0.15) is 11.7 Å². The number of aliphatic carboxylic acids is 1. The molecule has 0 aliphatic carbocycles. The molecule has 0 radical (unpaired) electrons. The Balaban J connectivity index is 1.82. The molecule has 0 bridgehead atoms. The molecule has 10 heteroatoms. The Kier molecular flexibility index (Phi) is 4.67. The number of aldehydes is 1. The third-order valence-electron chi connectivity index (χ3n) is 4.01. The molecule has 2 amide bonds. The molecule has 3 atom stereocenters. The summed E-state index contributed by atoms with van der Waals surface area (Å²) in [5.41, 5.74) is -1.66. The van der Waals surface area contributed by atoms with Crippen LogP contribution in [0.5, 0.6) is 0 Å². The molecule has 3 heterocycles. The largest absolute Gasteiger partial charge is 0.479 e. The number of amides is 2. The average molecular weight is 382 g/mol. The summed E-state index contributed by atoms with van der Waals surface area (Å²) in [5, 5.41) is 14.4. The van der Waals surface area contributed by atoms with Crippen molar-refractivity contribution in [3.63, 3.8) is 0 Å². The topological polar surface area (TPSA) is 113 Å². The maximum absolute atomic E-state index is 12.6. The molecule has 1 aromatic heterocycles. The van der Waals surface area contributed by atoms with Gasteiger partial charge < -0.3 is 20.1 Å². The number of nitrogens with one attached hydrogen (secondary N) is 1. The lowest BCUT2D eigenvalue weighted by Gasteiger charge is -2.56. The van der Waals surface area contributed by atoms with Gasteiger partial charge in [-0.05, 0) is 16.9 Å². The summed E-state index contributed by atoms with van der Waals surface area (Å²) in [6, 6.07) is 2.23. The number of ether oxygens (including phenoxy) is 1. The van der Waals surface area contributed by atoms with Crippen molar-refractivity contribution < 1.29 is 29.0 Å². The molecule has 2 unspecified atom stereocenters. The molecule has 1 aromatic rings. The van der Waals surface area contributed by atoms with Crippen LogP contribution >= 0.6 is 23.1 Å². The minimum absolute atomic E-state index is 0.0169. The van der Waals surface area contributed by atoms with E-state index in [1.165, 1.54) is 23.9 Å². The molecule has 2 N–H and O–H groups in total. The van der Waals surface area contributed by atoms with E-state index in [1.807, 2.05) is 11.4 Å². The van der Waals surface area contributed by atoms with Crippen LogP contribution < -0.4 is 5.32 Å². The molecule has 3 rings (SSSR count). The van der Waals surface area contributed by atoms with Crippen LogP contribution in [0.4, 0.5) is 0 Å². The van der Waals surface area contributed by atoms with E-state index in [-0.39, 0.29) is 12.0 Å².